The number of carbonyl (C=O) groups is 2. The maximum Gasteiger partial charge on any atom is 0.299 e. The summed E-state index contributed by atoms with van der Waals surface area (Å²) in [4.78, 5) is 25.6. The van der Waals surface area contributed by atoms with Crippen molar-refractivity contribution in [1.82, 2.24) is 4.90 Å². The van der Waals surface area contributed by atoms with Gasteiger partial charge in [-0.25, -0.2) is 0 Å². The predicted octanol–water partition coefficient (Wildman–Crippen LogP) is 1.93. The van der Waals surface area contributed by atoms with Gasteiger partial charge >= 0.3 is 0 Å². The number of nitrogens with zero attached hydrogens (tertiary/aromatic N) is 1. The second-order valence-electron chi connectivity index (χ2n) is 6.52. The molecular weight excluding hydrogens is 302 g/mol. The standard InChI is InChI=1S/C16H25NO4S/c1-9(2)6-7-22(5)14-10(3)13-12(11(4)19)15(20)17(13)16(14)21-8-18/h8-13,19H,5-7H2,1-4H3/t10-,11-,12-,13-,22?/m1/s1. The summed E-state index contributed by atoms with van der Waals surface area (Å²) >= 11 is 0. The van der Waals surface area contributed by atoms with Gasteiger partial charge in [-0.3, -0.25) is 14.5 Å². The second-order valence-corrected chi connectivity index (χ2v) is 8.35. The van der Waals surface area contributed by atoms with Gasteiger partial charge in [0.1, 0.15) is 0 Å². The molecule has 2 aliphatic rings. The van der Waals surface area contributed by atoms with E-state index in [2.05, 4.69) is 19.7 Å². The van der Waals surface area contributed by atoms with Gasteiger partial charge in [0, 0.05) is 10.8 Å². The van der Waals surface area contributed by atoms with Crippen LogP contribution >= 0.6 is 10.5 Å². The van der Waals surface area contributed by atoms with Gasteiger partial charge in [0.2, 0.25) is 11.8 Å². The van der Waals surface area contributed by atoms with Crippen molar-refractivity contribution < 1.29 is 19.4 Å². The number of aliphatic hydroxyl groups excluding tert-OH is 1. The van der Waals surface area contributed by atoms with E-state index in [-0.39, 0.29) is 28.4 Å². The molecule has 5 nitrogen and oxygen atoms in total. The molecule has 0 saturated carbocycles. The fraction of sp³-hybridized carbons (Fsp3) is 0.688. The Kier molecular flexibility index (Phi) is 5.12. The third-order valence-corrected chi connectivity index (χ3v) is 6.37. The average molecular weight is 327 g/mol. The largest absolute Gasteiger partial charge is 0.411 e. The summed E-state index contributed by atoms with van der Waals surface area (Å²) in [7, 11) is -0.302. The summed E-state index contributed by atoms with van der Waals surface area (Å²) < 4.78 is 5.14. The van der Waals surface area contributed by atoms with Crippen LogP contribution in [0.2, 0.25) is 0 Å². The molecule has 0 aromatic rings. The fourth-order valence-corrected chi connectivity index (χ4v) is 5.33. The van der Waals surface area contributed by atoms with E-state index in [9.17, 15) is 14.7 Å². The highest BCUT2D eigenvalue weighted by Gasteiger charge is 2.59. The summed E-state index contributed by atoms with van der Waals surface area (Å²) in [6.07, 6.45) is 0.339. The van der Waals surface area contributed by atoms with Gasteiger partial charge in [-0.1, -0.05) is 26.6 Å². The maximum atomic E-state index is 12.3. The molecule has 0 spiro atoms. The monoisotopic (exact) mass is 327 g/mol. The van der Waals surface area contributed by atoms with Gasteiger partial charge in [-0.15, -0.1) is 0 Å². The molecular formula is C16H25NO4S. The normalized spacial score (nSPS) is 30.2. The highest BCUT2D eigenvalue weighted by Crippen LogP contribution is 2.52. The van der Waals surface area contributed by atoms with Crippen molar-refractivity contribution in [3.05, 3.63) is 10.8 Å². The fourth-order valence-electron chi connectivity index (χ4n) is 3.30. The molecule has 0 aliphatic carbocycles. The Balaban J connectivity index is 2.28. The molecule has 1 amide bonds. The SMILES string of the molecule is C=S(CCC(C)C)C1=C(OC=O)N2C(=O)[C@H]([C@@H](C)O)[C@H]2[C@H]1C. The first-order valence-corrected chi connectivity index (χ1v) is 9.23. The first-order valence-electron chi connectivity index (χ1n) is 7.67. The van der Waals surface area contributed by atoms with E-state index in [1.165, 1.54) is 4.90 Å². The van der Waals surface area contributed by atoms with Crippen LogP contribution in [-0.4, -0.2) is 46.2 Å². The van der Waals surface area contributed by atoms with Crippen LogP contribution in [0.1, 0.15) is 34.1 Å². The van der Waals surface area contributed by atoms with Crippen molar-refractivity contribution >= 4 is 28.7 Å². The molecule has 2 heterocycles. The van der Waals surface area contributed by atoms with Gasteiger partial charge in [0.25, 0.3) is 6.47 Å². The van der Waals surface area contributed by atoms with Gasteiger partial charge in [-0.05, 0) is 25.0 Å². The molecule has 124 valence electrons. The van der Waals surface area contributed by atoms with Crippen LogP contribution in [0.5, 0.6) is 0 Å². The number of ether oxygens (including phenoxy) is 1. The first kappa shape index (κ1) is 17.2. The van der Waals surface area contributed by atoms with E-state index in [4.69, 9.17) is 4.74 Å². The van der Waals surface area contributed by atoms with Gasteiger partial charge in [0.05, 0.1) is 18.1 Å². The zero-order valence-electron chi connectivity index (χ0n) is 13.6. The Morgan fingerprint density at radius 2 is 2.09 bits per heavy atom. The van der Waals surface area contributed by atoms with Crippen LogP contribution in [0.3, 0.4) is 0 Å². The van der Waals surface area contributed by atoms with E-state index >= 15 is 0 Å². The predicted molar refractivity (Wildman–Crippen MR) is 88.2 cm³/mol. The minimum absolute atomic E-state index is 0.0558. The smallest absolute Gasteiger partial charge is 0.299 e. The van der Waals surface area contributed by atoms with Crippen molar-refractivity contribution in [3.8, 4) is 0 Å². The Bertz CT molecular complexity index is 526. The zero-order chi connectivity index (χ0) is 16.6. The Morgan fingerprint density at radius 1 is 1.45 bits per heavy atom. The van der Waals surface area contributed by atoms with Gasteiger partial charge in [0.15, 0.2) is 0 Å². The highest BCUT2D eigenvalue weighted by molar-refractivity contribution is 8.17. The van der Waals surface area contributed by atoms with E-state index < -0.39 is 12.0 Å². The summed E-state index contributed by atoms with van der Waals surface area (Å²) in [5.41, 5.74) is 0. The summed E-state index contributed by atoms with van der Waals surface area (Å²) in [6.45, 7) is 8.34. The van der Waals surface area contributed by atoms with E-state index in [1.54, 1.807) is 6.92 Å². The molecule has 22 heavy (non-hydrogen) atoms. The number of hydrogen-bond donors (Lipinski definition) is 1. The van der Waals surface area contributed by atoms with Crippen LogP contribution in [0, 0.1) is 17.8 Å². The number of carbonyl (C=O) groups excluding carboxylic acids is 2. The summed E-state index contributed by atoms with van der Waals surface area (Å²) in [5, 5.41) is 9.83. The van der Waals surface area contributed by atoms with Crippen molar-refractivity contribution in [2.45, 2.75) is 46.3 Å². The summed E-state index contributed by atoms with van der Waals surface area (Å²) in [6, 6.07) is -0.117. The minimum Gasteiger partial charge on any atom is -0.411 e. The molecule has 2 rings (SSSR count). The lowest BCUT2D eigenvalue weighted by molar-refractivity contribution is -0.164. The number of rotatable bonds is 7. The average Bonchev–Trinajstić information content (AvgIpc) is 2.65. The Labute approximate surface area is 134 Å². The first-order chi connectivity index (χ1) is 10.3. The Hall–Kier alpha value is -1.14. The van der Waals surface area contributed by atoms with Crippen LogP contribution < -0.4 is 0 Å². The zero-order valence-corrected chi connectivity index (χ0v) is 14.4. The number of β-lactam (4-membered cyclic amide) rings is 1. The molecule has 0 bridgehead atoms. The molecule has 5 atom stereocenters. The molecule has 0 aromatic carbocycles. The minimum atomic E-state index is -0.699. The summed E-state index contributed by atoms with van der Waals surface area (Å²) in [5.74, 6) is 5.56. The molecule has 0 radical (unpaired) electrons. The topological polar surface area (TPSA) is 66.8 Å². The maximum absolute atomic E-state index is 12.3. The van der Waals surface area contributed by atoms with E-state index in [1.807, 2.05) is 6.92 Å². The second kappa shape index (κ2) is 6.54. The van der Waals surface area contributed by atoms with Crippen molar-refractivity contribution in [2.75, 3.05) is 5.75 Å². The Morgan fingerprint density at radius 3 is 2.59 bits per heavy atom. The van der Waals surface area contributed by atoms with Crippen molar-refractivity contribution in [3.63, 3.8) is 0 Å². The molecule has 1 N–H and O–H groups in total. The van der Waals surface area contributed by atoms with E-state index in [0.29, 0.717) is 18.3 Å². The molecule has 1 saturated heterocycles. The molecule has 1 fully saturated rings. The number of fused-ring (bicyclic) bond motifs is 1. The van der Waals surface area contributed by atoms with Crippen molar-refractivity contribution in [2.24, 2.45) is 17.8 Å². The van der Waals surface area contributed by atoms with Gasteiger partial charge in [-0.2, -0.15) is 10.5 Å². The highest BCUT2D eigenvalue weighted by atomic mass is 32.2. The molecule has 1 unspecified atom stereocenters. The van der Waals surface area contributed by atoms with Crippen LogP contribution in [0.25, 0.3) is 0 Å². The van der Waals surface area contributed by atoms with Gasteiger partial charge < -0.3 is 9.84 Å². The number of aliphatic hydroxyl groups is 1. The molecule has 2 aliphatic heterocycles. The van der Waals surface area contributed by atoms with Crippen molar-refractivity contribution in [1.29, 1.82) is 0 Å². The number of amides is 1. The third-order valence-electron chi connectivity index (χ3n) is 4.48. The van der Waals surface area contributed by atoms with Crippen LogP contribution in [-0.2, 0) is 14.3 Å². The molecule has 6 heteroatoms. The quantitative estimate of drug-likeness (QED) is 0.441. The van der Waals surface area contributed by atoms with Crippen LogP contribution in [0.4, 0.5) is 0 Å². The number of hydrogen-bond acceptors (Lipinski definition) is 4. The lowest BCUT2D eigenvalue weighted by Crippen LogP contribution is -2.63. The lowest BCUT2D eigenvalue weighted by atomic mass is 9.79. The van der Waals surface area contributed by atoms with Crippen LogP contribution in [0.15, 0.2) is 10.8 Å². The lowest BCUT2D eigenvalue weighted by Gasteiger charge is -2.45. The van der Waals surface area contributed by atoms with E-state index in [0.717, 1.165) is 17.1 Å². The molecule has 0 aromatic heterocycles. The third kappa shape index (κ3) is 2.74.